The molecule has 1 N–H and O–H groups in total. The Hall–Kier alpha value is -3.61. The van der Waals surface area contributed by atoms with E-state index in [-0.39, 0.29) is 18.2 Å². The van der Waals surface area contributed by atoms with Crippen LogP contribution in [0.1, 0.15) is 27.8 Å². The second-order valence-corrected chi connectivity index (χ2v) is 6.92. The molecule has 0 fully saturated rings. The lowest BCUT2D eigenvalue weighted by Gasteiger charge is -2.12. The molecule has 0 unspecified atom stereocenters. The van der Waals surface area contributed by atoms with Gasteiger partial charge in [0.15, 0.2) is 11.5 Å². The number of benzene rings is 2. The van der Waals surface area contributed by atoms with Crippen LogP contribution in [0.4, 0.5) is 0 Å². The van der Waals surface area contributed by atoms with Crippen molar-refractivity contribution in [3.05, 3.63) is 76.6 Å². The van der Waals surface area contributed by atoms with Crippen molar-refractivity contribution in [3.8, 4) is 11.4 Å². The Labute approximate surface area is 176 Å². The molecule has 156 valence electrons. The van der Waals surface area contributed by atoms with Gasteiger partial charge in [0, 0.05) is 12.6 Å². The van der Waals surface area contributed by atoms with Crippen LogP contribution in [0.5, 0.6) is 5.75 Å². The van der Waals surface area contributed by atoms with Crippen LogP contribution in [0, 0.1) is 20.8 Å². The molecule has 30 heavy (non-hydrogen) atoms. The van der Waals surface area contributed by atoms with Crippen LogP contribution in [-0.2, 0) is 16.2 Å². The molecule has 7 heteroatoms. The zero-order valence-electron chi connectivity index (χ0n) is 17.9. The highest BCUT2D eigenvalue weighted by atomic mass is 16.6. The molecular formula is C23H26N4O3. The first-order valence-corrected chi connectivity index (χ1v) is 9.62. The van der Waals surface area contributed by atoms with Crippen LogP contribution >= 0.6 is 0 Å². The van der Waals surface area contributed by atoms with Crippen molar-refractivity contribution in [1.29, 1.82) is 0 Å². The van der Waals surface area contributed by atoms with Crippen LogP contribution in [0.3, 0.4) is 0 Å². The summed E-state index contributed by atoms with van der Waals surface area (Å²) in [5.41, 5.74) is 6.35. The van der Waals surface area contributed by atoms with E-state index in [0.29, 0.717) is 11.3 Å². The van der Waals surface area contributed by atoms with Crippen molar-refractivity contribution in [1.82, 2.24) is 15.1 Å². The first-order chi connectivity index (χ1) is 14.5. The monoisotopic (exact) mass is 406 g/mol. The molecule has 0 atom stereocenters. The molecule has 1 amide bonds. The van der Waals surface area contributed by atoms with Gasteiger partial charge in [-0.25, -0.2) is 4.68 Å². The summed E-state index contributed by atoms with van der Waals surface area (Å²) >= 11 is 0. The number of ether oxygens (including phenoxy) is 1. The molecule has 2 aromatic carbocycles. The second-order valence-electron chi connectivity index (χ2n) is 6.92. The first kappa shape index (κ1) is 21.1. The van der Waals surface area contributed by atoms with Gasteiger partial charge in [0.25, 0.3) is 5.91 Å². The van der Waals surface area contributed by atoms with E-state index in [2.05, 4.69) is 48.5 Å². The number of hydrogen-bond donors (Lipinski definition) is 1. The Morgan fingerprint density at radius 3 is 2.63 bits per heavy atom. The third-order valence-corrected chi connectivity index (χ3v) is 5.13. The zero-order valence-corrected chi connectivity index (χ0v) is 17.9. The van der Waals surface area contributed by atoms with E-state index in [1.54, 1.807) is 13.2 Å². The SMILES string of the molecule is CNC(=O)/C(=N/OC)c1ccccc1COc1cnn(-c2ccc(C)c(C)c2C)c1. The normalized spacial score (nSPS) is 11.3. The van der Waals surface area contributed by atoms with Gasteiger partial charge in [0.05, 0.1) is 18.1 Å². The molecule has 0 aliphatic heterocycles. The minimum atomic E-state index is -0.331. The van der Waals surface area contributed by atoms with Gasteiger partial charge in [-0.2, -0.15) is 5.10 Å². The van der Waals surface area contributed by atoms with Crippen molar-refractivity contribution in [2.75, 3.05) is 14.2 Å². The van der Waals surface area contributed by atoms with Crippen molar-refractivity contribution in [2.45, 2.75) is 27.4 Å². The number of hydrogen-bond acceptors (Lipinski definition) is 5. The summed E-state index contributed by atoms with van der Waals surface area (Å²) in [4.78, 5) is 17.0. The number of rotatable bonds is 7. The standard InChI is InChI=1S/C23H26N4O3/c1-15-10-11-21(17(3)16(15)2)27-13-19(12-25-27)30-14-18-8-6-7-9-20(18)22(26-29-5)23(28)24-4/h6-13H,14H2,1-5H3,(H,24,28)/b26-22+. The third kappa shape index (κ3) is 4.35. The average molecular weight is 406 g/mol. The molecule has 3 aromatic rings. The van der Waals surface area contributed by atoms with Crippen LogP contribution in [-0.4, -0.2) is 35.6 Å². The second kappa shape index (κ2) is 9.26. The summed E-state index contributed by atoms with van der Waals surface area (Å²) in [6.07, 6.45) is 3.53. The Morgan fingerprint density at radius 1 is 1.13 bits per heavy atom. The molecule has 7 nitrogen and oxygen atoms in total. The van der Waals surface area contributed by atoms with Gasteiger partial charge in [0.2, 0.25) is 0 Å². The largest absolute Gasteiger partial charge is 0.486 e. The van der Waals surface area contributed by atoms with Crippen LogP contribution in [0.15, 0.2) is 53.9 Å². The number of aromatic nitrogens is 2. The van der Waals surface area contributed by atoms with Crippen molar-refractivity contribution < 1.29 is 14.4 Å². The minimum Gasteiger partial charge on any atom is -0.486 e. The van der Waals surface area contributed by atoms with Gasteiger partial charge >= 0.3 is 0 Å². The maximum absolute atomic E-state index is 12.2. The maximum Gasteiger partial charge on any atom is 0.273 e. The lowest BCUT2D eigenvalue weighted by atomic mass is 10.0. The predicted octanol–water partition coefficient (Wildman–Crippen LogP) is 3.47. The van der Waals surface area contributed by atoms with Gasteiger partial charge < -0.3 is 14.9 Å². The lowest BCUT2D eigenvalue weighted by Crippen LogP contribution is -2.29. The van der Waals surface area contributed by atoms with Crippen molar-refractivity contribution in [3.63, 3.8) is 0 Å². The van der Waals surface area contributed by atoms with E-state index in [1.807, 2.05) is 35.1 Å². The molecule has 3 rings (SSSR count). The number of nitrogens with one attached hydrogen (secondary N) is 1. The van der Waals surface area contributed by atoms with E-state index in [1.165, 1.54) is 23.8 Å². The predicted molar refractivity (Wildman–Crippen MR) is 116 cm³/mol. The molecule has 0 radical (unpaired) electrons. The molecule has 0 saturated heterocycles. The molecule has 0 saturated carbocycles. The minimum absolute atomic E-state index is 0.195. The number of aryl methyl sites for hydroxylation is 1. The molecule has 1 heterocycles. The summed E-state index contributed by atoms with van der Waals surface area (Å²) in [7, 11) is 2.96. The fourth-order valence-electron chi connectivity index (χ4n) is 3.16. The fraction of sp³-hybridized carbons (Fsp3) is 0.261. The molecule has 1 aromatic heterocycles. The summed E-state index contributed by atoms with van der Waals surface area (Å²) in [5, 5.41) is 10.9. The molecule has 0 spiro atoms. The van der Waals surface area contributed by atoms with E-state index in [4.69, 9.17) is 9.57 Å². The number of nitrogens with zero attached hydrogens (tertiary/aromatic N) is 3. The molecular weight excluding hydrogens is 380 g/mol. The van der Waals surface area contributed by atoms with Crippen LogP contribution < -0.4 is 10.1 Å². The topological polar surface area (TPSA) is 77.7 Å². The number of likely N-dealkylation sites (N-methyl/N-ethyl adjacent to an activating group) is 1. The highest BCUT2D eigenvalue weighted by Crippen LogP contribution is 2.23. The molecule has 0 aliphatic carbocycles. The Kier molecular flexibility index (Phi) is 6.51. The van der Waals surface area contributed by atoms with Gasteiger partial charge in [-0.3, -0.25) is 4.79 Å². The Balaban J connectivity index is 1.82. The van der Waals surface area contributed by atoms with Crippen LogP contribution in [0.2, 0.25) is 0 Å². The summed E-state index contributed by atoms with van der Waals surface area (Å²) in [5.74, 6) is 0.301. The quantitative estimate of drug-likeness (QED) is 0.481. The van der Waals surface area contributed by atoms with Gasteiger partial charge in [-0.15, -0.1) is 0 Å². The smallest absolute Gasteiger partial charge is 0.273 e. The van der Waals surface area contributed by atoms with Gasteiger partial charge in [-0.05, 0) is 49.1 Å². The van der Waals surface area contributed by atoms with Crippen molar-refractivity contribution >= 4 is 11.6 Å². The lowest BCUT2D eigenvalue weighted by molar-refractivity contribution is -0.114. The third-order valence-electron chi connectivity index (χ3n) is 5.13. The summed E-state index contributed by atoms with van der Waals surface area (Å²) in [6.45, 7) is 6.55. The van der Waals surface area contributed by atoms with Gasteiger partial charge in [0.1, 0.15) is 13.7 Å². The molecule has 0 bridgehead atoms. The Bertz CT molecular complexity index is 1090. The van der Waals surface area contributed by atoms with E-state index < -0.39 is 0 Å². The zero-order chi connectivity index (χ0) is 21.7. The number of amides is 1. The summed E-state index contributed by atoms with van der Waals surface area (Å²) < 4.78 is 7.77. The average Bonchev–Trinajstić information content (AvgIpc) is 3.23. The number of carbonyl (C=O) groups excluding carboxylic acids is 1. The van der Waals surface area contributed by atoms with Crippen molar-refractivity contribution in [2.24, 2.45) is 5.16 Å². The number of carbonyl (C=O) groups is 1. The first-order valence-electron chi connectivity index (χ1n) is 9.62. The maximum atomic E-state index is 12.2. The molecule has 0 aliphatic rings. The van der Waals surface area contributed by atoms with E-state index in [9.17, 15) is 4.79 Å². The van der Waals surface area contributed by atoms with Gasteiger partial charge in [-0.1, -0.05) is 35.5 Å². The van der Waals surface area contributed by atoms with Crippen LogP contribution in [0.25, 0.3) is 5.69 Å². The summed E-state index contributed by atoms with van der Waals surface area (Å²) in [6, 6.07) is 11.6. The van der Waals surface area contributed by atoms with E-state index >= 15 is 0 Å². The highest BCUT2D eigenvalue weighted by Gasteiger charge is 2.17. The Morgan fingerprint density at radius 2 is 1.90 bits per heavy atom. The highest BCUT2D eigenvalue weighted by molar-refractivity contribution is 6.45. The van der Waals surface area contributed by atoms with E-state index in [0.717, 1.165) is 11.3 Å². The fourth-order valence-corrected chi connectivity index (χ4v) is 3.16. The number of oxime groups is 1.